The van der Waals surface area contributed by atoms with Crippen LogP contribution in [0.15, 0.2) is 84.9 Å². The molecule has 0 fully saturated rings. The lowest BCUT2D eigenvalue weighted by atomic mass is 9.86. The van der Waals surface area contributed by atoms with E-state index in [0.29, 0.717) is 0 Å². The van der Waals surface area contributed by atoms with Crippen LogP contribution in [-0.4, -0.2) is 51.6 Å². The molecule has 0 aliphatic rings. The highest BCUT2D eigenvalue weighted by atomic mass is 31.0. The summed E-state index contributed by atoms with van der Waals surface area (Å²) in [5.41, 5.74) is -0.478. The highest BCUT2D eigenvalue weighted by Crippen LogP contribution is 2.36. The van der Waals surface area contributed by atoms with Crippen molar-refractivity contribution in [2.24, 2.45) is 0 Å². The molecule has 214 valence electrons. The normalized spacial score (nSPS) is 10.0. The molecule has 0 N–H and O–H groups in total. The molecule has 0 saturated heterocycles. The van der Waals surface area contributed by atoms with E-state index in [-0.39, 0.29) is 56.4 Å². The van der Waals surface area contributed by atoms with Gasteiger partial charge in [-0.2, -0.15) is 0 Å². The van der Waals surface area contributed by atoms with Crippen molar-refractivity contribution in [3.8, 4) is 23.0 Å². The number of ketones is 4. The summed E-state index contributed by atoms with van der Waals surface area (Å²) in [6, 6.07) is 21.7. The maximum atomic E-state index is 14.3. The summed E-state index contributed by atoms with van der Waals surface area (Å²) in [6.45, 7) is 0. The molecule has 9 nitrogen and oxygen atoms in total. The van der Waals surface area contributed by atoms with Gasteiger partial charge in [0.1, 0.15) is 43.2 Å². The van der Waals surface area contributed by atoms with Crippen LogP contribution < -0.4 is 18.9 Å². The minimum Gasteiger partial charge on any atom is -0.496 e. The Morgan fingerprint density at radius 2 is 0.857 bits per heavy atom. The molecule has 0 aromatic heterocycles. The monoisotopic (exact) mass is 586 g/mol. The van der Waals surface area contributed by atoms with Crippen LogP contribution in [0.3, 0.4) is 0 Å². The quantitative estimate of drug-likeness (QED) is 0.123. The predicted octanol–water partition coefficient (Wildman–Crippen LogP) is 5.72. The van der Waals surface area contributed by atoms with Crippen molar-refractivity contribution in [2.75, 3.05) is 28.4 Å². The number of methoxy groups -OCH3 is 4. The molecular formula is C32H27O9P. The summed E-state index contributed by atoms with van der Waals surface area (Å²) in [5, 5.41) is 0. The average molecular weight is 587 g/mol. The van der Waals surface area contributed by atoms with Gasteiger partial charge in [-0.15, -0.1) is 0 Å². The molecule has 0 aliphatic heterocycles. The first-order valence-corrected chi connectivity index (χ1v) is 12.8. The van der Waals surface area contributed by atoms with E-state index in [4.69, 9.17) is 23.5 Å². The van der Waals surface area contributed by atoms with Gasteiger partial charge in [0.15, 0.2) is 0 Å². The number of hydrogen-bond acceptors (Lipinski definition) is 9. The SMILES string of the molecule is COc1cccc(OC)c1C(=O)c1cccc(C(=O)C(=O)c2ccccc2)c1C(=O)c1c(OC)cccc1OC.O=P. The lowest BCUT2D eigenvalue weighted by Gasteiger charge is -2.18. The molecule has 42 heavy (non-hydrogen) atoms. The van der Waals surface area contributed by atoms with Gasteiger partial charge in [-0.1, -0.05) is 60.7 Å². The molecule has 4 aromatic rings. The second kappa shape index (κ2) is 14.5. The number of carbonyl (C=O) groups is 4. The van der Waals surface area contributed by atoms with Crippen molar-refractivity contribution in [3.63, 3.8) is 0 Å². The molecule has 0 aliphatic carbocycles. The van der Waals surface area contributed by atoms with E-state index >= 15 is 0 Å². The minimum absolute atomic E-state index is 0.0130. The highest BCUT2D eigenvalue weighted by molar-refractivity contribution is 7.00. The average Bonchev–Trinajstić information content (AvgIpc) is 3.06. The number of ether oxygens (including phenoxy) is 4. The Balaban J connectivity index is 0.00000237. The zero-order valence-corrected chi connectivity index (χ0v) is 24.3. The Morgan fingerprint density at radius 1 is 0.452 bits per heavy atom. The van der Waals surface area contributed by atoms with Gasteiger partial charge in [0.2, 0.25) is 23.1 Å². The number of rotatable bonds is 11. The molecule has 0 saturated carbocycles. The van der Waals surface area contributed by atoms with E-state index < -0.39 is 23.1 Å². The molecule has 4 aromatic carbocycles. The first-order chi connectivity index (χ1) is 20.4. The fraction of sp³-hybridized carbons (Fsp3) is 0.125. The minimum atomic E-state index is -0.954. The van der Waals surface area contributed by atoms with Crippen molar-refractivity contribution in [1.82, 2.24) is 0 Å². The van der Waals surface area contributed by atoms with E-state index in [9.17, 15) is 19.2 Å². The molecular weight excluding hydrogens is 559 g/mol. The Labute approximate surface area is 244 Å². The van der Waals surface area contributed by atoms with Crippen LogP contribution in [0.5, 0.6) is 23.0 Å². The second-order valence-corrected chi connectivity index (χ2v) is 8.49. The lowest BCUT2D eigenvalue weighted by molar-refractivity contribution is 0.0815. The second-order valence-electron chi connectivity index (χ2n) is 8.49. The highest BCUT2D eigenvalue weighted by Gasteiger charge is 2.33. The van der Waals surface area contributed by atoms with Crippen molar-refractivity contribution in [3.05, 3.63) is 118 Å². The molecule has 0 spiro atoms. The van der Waals surface area contributed by atoms with E-state index in [0.717, 1.165) is 0 Å². The summed E-state index contributed by atoms with van der Waals surface area (Å²) < 4.78 is 29.7. The van der Waals surface area contributed by atoms with Crippen LogP contribution in [0.1, 0.15) is 52.6 Å². The Bertz CT molecular complexity index is 1590. The van der Waals surface area contributed by atoms with Crippen molar-refractivity contribution < 1.29 is 42.7 Å². The molecule has 0 unspecified atom stereocenters. The first kappa shape index (κ1) is 31.4. The van der Waals surface area contributed by atoms with Gasteiger partial charge < -0.3 is 18.9 Å². The number of carbonyl (C=O) groups excluding carboxylic acids is 4. The van der Waals surface area contributed by atoms with Gasteiger partial charge in [-0.25, -0.2) is 0 Å². The van der Waals surface area contributed by atoms with Crippen molar-refractivity contribution in [2.45, 2.75) is 0 Å². The lowest BCUT2D eigenvalue weighted by Crippen LogP contribution is -2.22. The maximum absolute atomic E-state index is 14.3. The van der Waals surface area contributed by atoms with Crippen LogP contribution in [0.4, 0.5) is 0 Å². The maximum Gasteiger partial charge on any atom is 0.234 e. The van der Waals surface area contributed by atoms with Crippen LogP contribution >= 0.6 is 9.12 Å². The summed E-state index contributed by atoms with van der Waals surface area (Å²) in [4.78, 5) is 55.3. The van der Waals surface area contributed by atoms with E-state index in [1.807, 2.05) is 0 Å². The fourth-order valence-corrected chi connectivity index (χ4v) is 4.43. The third-order valence-electron chi connectivity index (χ3n) is 6.33. The van der Waals surface area contributed by atoms with Crippen molar-refractivity contribution in [1.29, 1.82) is 0 Å². The standard InChI is InChI=1S/C32H26O8.HOP/c1-37-22-15-9-16-23(38-2)27(22)30(34)20-13-8-14-21(31(35)29(33)19-11-6-5-7-12-19)26(20)32(36)28-24(39-3)17-10-18-25(28)40-4;1-2/h5-18H,1-4H3;2H. The van der Waals surface area contributed by atoms with Crippen LogP contribution in [-0.2, 0) is 4.57 Å². The zero-order valence-electron chi connectivity index (χ0n) is 23.3. The Kier molecular flexibility index (Phi) is 10.8. The van der Waals surface area contributed by atoms with E-state index in [1.165, 1.54) is 58.8 Å². The fourth-order valence-electron chi connectivity index (χ4n) is 4.43. The third kappa shape index (κ3) is 6.11. The van der Waals surface area contributed by atoms with Gasteiger partial charge in [0.25, 0.3) is 0 Å². The summed E-state index contributed by atoms with van der Waals surface area (Å²) in [5.74, 6) is -2.44. The number of benzene rings is 4. The predicted molar refractivity (Wildman–Crippen MR) is 157 cm³/mol. The topological polar surface area (TPSA) is 122 Å². The van der Waals surface area contributed by atoms with Gasteiger partial charge in [-0.05, 0) is 24.3 Å². The number of hydrogen-bond donors (Lipinski definition) is 0. The molecule has 0 radical (unpaired) electrons. The summed E-state index contributed by atoms with van der Waals surface area (Å²) in [6.07, 6.45) is 0. The Morgan fingerprint density at radius 3 is 1.31 bits per heavy atom. The van der Waals surface area contributed by atoms with E-state index in [2.05, 4.69) is 0 Å². The van der Waals surface area contributed by atoms with Gasteiger partial charge in [0, 0.05) is 22.3 Å². The largest absolute Gasteiger partial charge is 0.496 e. The summed E-state index contributed by atoms with van der Waals surface area (Å²) >= 11 is 0. The van der Waals surface area contributed by atoms with Gasteiger partial charge >= 0.3 is 0 Å². The number of Topliss-reactive ketones (excluding diaryl/α,β-unsaturated/α-hetero) is 2. The molecule has 4 rings (SSSR count). The summed E-state index contributed by atoms with van der Waals surface area (Å²) in [7, 11) is 7.28. The zero-order chi connectivity index (χ0) is 30.8. The smallest absolute Gasteiger partial charge is 0.234 e. The van der Waals surface area contributed by atoms with E-state index in [1.54, 1.807) is 63.7 Å². The van der Waals surface area contributed by atoms with Gasteiger partial charge in [0.05, 0.1) is 28.4 Å². The molecule has 0 bridgehead atoms. The molecule has 0 amide bonds. The third-order valence-corrected chi connectivity index (χ3v) is 6.33. The van der Waals surface area contributed by atoms with Crippen LogP contribution in [0, 0.1) is 0 Å². The first-order valence-electron chi connectivity index (χ1n) is 12.4. The molecule has 10 heteroatoms. The van der Waals surface area contributed by atoms with Crippen LogP contribution in [0.2, 0.25) is 0 Å². The van der Waals surface area contributed by atoms with Crippen molar-refractivity contribution >= 4 is 32.3 Å². The van der Waals surface area contributed by atoms with Crippen LogP contribution in [0.25, 0.3) is 0 Å². The Hall–Kier alpha value is -5.14. The van der Waals surface area contributed by atoms with Gasteiger partial charge in [-0.3, -0.25) is 23.7 Å². The molecule has 0 atom stereocenters. The molecule has 0 heterocycles.